The summed E-state index contributed by atoms with van der Waals surface area (Å²) in [7, 11) is 0. The first-order valence-electron chi connectivity index (χ1n) is 7.09. The van der Waals surface area contributed by atoms with Crippen LogP contribution in [0.15, 0.2) is 48.5 Å². The molecule has 2 aromatic carbocycles. The van der Waals surface area contributed by atoms with E-state index in [1.807, 2.05) is 24.3 Å². The van der Waals surface area contributed by atoms with E-state index < -0.39 is 11.7 Å². The quantitative estimate of drug-likeness (QED) is 0.678. The van der Waals surface area contributed by atoms with E-state index in [0.717, 1.165) is 27.0 Å². The summed E-state index contributed by atoms with van der Waals surface area (Å²) in [6.07, 6.45) is -3.66. The van der Waals surface area contributed by atoms with E-state index >= 15 is 0 Å². The van der Waals surface area contributed by atoms with Crippen molar-refractivity contribution in [3.63, 3.8) is 0 Å². The number of hydrogen-bond acceptors (Lipinski definition) is 1. The van der Waals surface area contributed by atoms with Crippen LogP contribution in [0.4, 0.5) is 18.9 Å². The van der Waals surface area contributed by atoms with Crippen LogP contribution in [0.2, 0.25) is 0 Å². The van der Waals surface area contributed by atoms with Gasteiger partial charge in [-0.15, -0.1) is 0 Å². The third-order valence-corrected chi connectivity index (χ3v) is 4.87. The Hall–Kier alpha value is -1.57. The van der Waals surface area contributed by atoms with Gasteiger partial charge in [0.15, 0.2) is 0 Å². The molecule has 1 aliphatic carbocycles. The van der Waals surface area contributed by atoms with Crippen molar-refractivity contribution in [2.75, 3.05) is 5.32 Å². The third-order valence-electron chi connectivity index (χ3n) is 3.93. The third kappa shape index (κ3) is 3.68. The Kier molecular flexibility index (Phi) is 4.35. The molecule has 1 fully saturated rings. The van der Waals surface area contributed by atoms with Crippen molar-refractivity contribution in [2.45, 2.75) is 18.5 Å². The number of carbonyl (C=O) groups excluding carboxylic acids is 1. The Morgan fingerprint density at radius 2 is 1.74 bits per heavy atom. The first-order valence-corrected chi connectivity index (χ1v) is 8.16. The maximum Gasteiger partial charge on any atom is 0.416 e. The highest BCUT2D eigenvalue weighted by Crippen LogP contribution is 2.48. The Labute approximate surface area is 145 Å². The molecule has 0 saturated heterocycles. The van der Waals surface area contributed by atoms with Gasteiger partial charge in [0.25, 0.3) is 0 Å². The molecule has 3 rings (SSSR count). The molecule has 0 spiro atoms. The van der Waals surface area contributed by atoms with Crippen LogP contribution >= 0.6 is 22.6 Å². The molecular weight excluding hydrogens is 418 g/mol. The van der Waals surface area contributed by atoms with Gasteiger partial charge in [0.1, 0.15) is 0 Å². The molecule has 2 unspecified atom stereocenters. The monoisotopic (exact) mass is 431 g/mol. The molecule has 0 heterocycles. The van der Waals surface area contributed by atoms with Crippen LogP contribution in [-0.4, -0.2) is 5.91 Å². The van der Waals surface area contributed by atoms with Gasteiger partial charge in [-0.25, -0.2) is 0 Å². The minimum Gasteiger partial charge on any atom is -0.325 e. The van der Waals surface area contributed by atoms with Crippen molar-refractivity contribution in [1.82, 2.24) is 0 Å². The van der Waals surface area contributed by atoms with E-state index in [1.54, 1.807) is 0 Å². The van der Waals surface area contributed by atoms with Crippen molar-refractivity contribution >= 4 is 34.2 Å². The zero-order chi connectivity index (χ0) is 16.6. The molecular formula is C17H13F3INO. The summed E-state index contributed by atoms with van der Waals surface area (Å²) in [6, 6.07) is 12.5. The molecule has 1 N–H and O–H groups in total. The van der Waals surface area contributed by atoms with Crippen LogP contribution < -0.4 is 5.32 Å². The molecule has 120 valence electrons. The predicted molar refractivity (Wildman–Crippen MR) is 90.1 cm³/mol. The van der Waals surface area contributed by atoms with Gasteiger partial charge in [0.2, 0.25) is 5.91 Å². The maximum atomic E-state index is 12.6. The number of halogens is 4. The first-order chi connectivity index (χ1) is 10.9. The second-order valence-electron chi connectivity index (χ2n) is 5.54. The summed E-state index contributed by atoms with van der Waals surface area (Å²) in [5, 5.41) is 2.88. The fourth-order valence-electron chi connectivity index (χ4n) is 2.56. The van der Waals surface area contributed by atoms with Crippen molar-refractivity contribution in [2.24, 2.45) is 5.92 Å². The highest BCUT2D eigenvalue weighted by molar-refractivity contribution is 14.1. The van der Waals surface area contributed by atoms with Crippen LogP contribution in [0.25, 0.3) is 0 Å². The van der Waals surface area contributed by atoms with Gasteiger partial charge in [0, 0.05) is 9.49 Å². The number of anilines is 1. The lowest BCUT2D eigenvalue weighted by Gasteiger charge is -2.08. The van der Waals surface area contributed by atoms with Crippen molar-refractivity contribution in [3.05, 3.63) is 63.2 Å². The van der Waals surface area contributed by atoms with Gasteiger partial charge >= 0.3 is 6.18 Å². The first kappa shape index (κ1) is 16.3. The zero-order valence-corrected chi connectivity index (χ0v) is 14.1. The summed E-state index contributed by atoms with van der Waals surface area (Å²) < 4.78 is 38.6. The van der Waals surface area contributed by atoms with Crippen molar-refractivity contribution < 1.29 is 18.0 Å². The van der Waals surface area contributed by atoms with E-state index in [2.05, 4.69) is 27.9 Å². The highest BCUT2D eigenvalue weighted by Gasteiger charge is 2.44. The molecule has 23 heavy (non-hydrogen) atoms. The number of hydrogen-bond donors (Lipinski definition) is 1. The smallest absolute Gasteiger partial charge is 0.325 e. The SMILES string of the molecule is O=C(Nc1ccccc1I)C1CC1c1ccc(C(F)(F)F)cc1. The molecule has 1 saturated carbocycles. The van der Waals surface area contributed by atoms with Crippen molar-refractivity contribution in [3.8, 4) is 0 Å². The van der Waals surface area contributed by atoms with Gasteiger partial charge in [0.05, 0.1) is 11.3 Å². The molecule has 0 aliphatic heterocycles. The Morgan fingerprint density at radius 1 is 1.09 bits per heavy atom. The van der Waals surface area contributed by atoms with Gasteiger partial charge < -0.3 is 5.32 Å². The lowest BCUT2D eigenvalue weighted by molar-refractivity contribution is -0.137. The molecule has 2 atom stereocenters. The number of para-hydroxylation sites is 1. The molecule has 2 aromatic rings. The molecule has 0 aromatic heterocycles. The largest absolute Gasteiger partial charge is 0.416 e. The normalized spacial score (nSPS) is 20.2. The number of rotatable bonds is 3. The summed E-state index contributed by atoms with van der Waals surface area (Å²) in [5.74, 6) is -0.264. The number of carbonyl (C=O) groups is 1. The molecule has 0 bridgehead atoms. The Bertz CT molecular complexity index is 727. The summed E-state index contributed by atoms with van der Waals surface area (Å²) in [5.41, 5.74) is 0.874. The molecule has 2 nitrogen and oxygen atoms in total. The van der Waals surface area contributed by atoms with E-state index in [9.17, 15) is 18.0 Å². The average molecular weight is 431 g/mol. The lowest BCUT2D eigenvalue weighted by Crippen LogP contribution is -2.15. The van der Waals surface area contributed by atoms with E-state index in [1.165, 1.54) is 12.1 Å². The number of nitrogens with one attached hydrogen (secondary N) is 1. The van der Waals surface area contributed by atoms with Gasteiger partial charge in [-0.2, -0.15) is 13.2 Å². The minimum atomic E-state index is -4.33. The predicted octanol–water partition coefficient (Wildman–Crippen LogP) is 5.05. The molecule has 1 aliphatic rings. The summed E-state index contributed by atoms with van der Waals surface area (Å²) in [6.45, 7) is 0. The lowest BCUT2D eigenvalue weighted by atomic mass is 10.1. The van der Waals surface area contributed by atoms with Crippen LogP contribution in [0.3, 0.4) is 0 Å². The summed E-state index contributed by atoms with van der Waals surface area (Å²) in [4.78, 5) is 12.2. The standard InChI is InChI=1S/C17H13F3INO/c18-17(19,20)11-7-5-10(6-8-11)12-9-13(12)16(23)22-15-4-2-1-3-14(15)21/h1-8,12-13H,9H2,(H,22,23). The number of alkyl halides is 3. The van der Waals surface area contributed by atoms with Crippen LogP contribution in [0.5, 0.6) is 0 Å². The fourth-order valence-corrected chi connectivity index (χ4v) is 3.08. The Morgan fingerprint density at radius 3 is 2.35 bits per heavy atom. The van der Waals surface area contributed by atoms with E-state index in [4.69, 9.17) is 0 Å². The minimum absolute atomic E-state index is 0.00124. The second kappa shape index (κ2) is 6.14. The van der Waals surface area contributed by atoms with Crippen LogP contribution in [0.1, 0.15) is 23.5 Å². The topological polar surface area (TPSA) is 29.1 Å². The number of amides is 1. The molecule has 0 radical (unpaired) electrons. The van der Waals surface area contributed by atoms with Gasteiger partial charge in [-0.3, -0.25) is 4.79 Å². The Balaban J connectivity index is 1.65. The fraction of sp³-hybridized carbons (Fsp3) is 0.235. The van der Waals surface area contributed by atoms with E-state index in [0.29, 0.717) is 6.42 Å². The average Bonchev–Trinajstić information content (AvgIpc) is 3.29. The van der Waals surface area contributed by atoms with E-state index in [-0.39, 0.29) is 17.7 Å². The second-order valence-corrected chi connectivity index (χ2v) is 6.70. The summed E-state index contributed by atoms with van der Waals surface area (Å²) >= 11 is 2.14. The molecule has 6 heteroatoms. The molecule has 1 amide bonds. The van der Waals surface area contributed by atoms with Crippen LogP contribution in [0, 0.1) is 9.49 Å². The van der Waals surface area contributed by atoms with Gasteiger partial charge in [-0.1, -0.05) is 24.3 Å². The highest BCUT2D eigenvalue weighted by atomic mass is 127. The maximum absolute atomic E-state index is 12.6. The van der Waals surface area contributed by atoms with Crippen molar-refractivity contribution in [1.29, 1.82) is 0 Å². The van der Waals surface area contributed by atoms with Gasteiger partial charge in [-0.05, 0) is 64.8 Å². The zero-order valence-electron chi connectivity index (χ0n) is 11.9. The van der Waals surface area contributed by atoms with Crippen LogP contribution in [-0.2, 0) is 11.0 Å². The number of benzene rings is 2.